The highest BCUT2D eigenvalue weighted by Gasteiger charge is 2.18. The molecular formula is C19H28N4S. The van der Waals surface area contributed by atoms with E-state index in [9.17, 15) is 0 Å². The van der Waals surface area contributed by atoms with Gasteiger partial charge in [-0.15, -0.1) is 18.3 Å². The van der Waals surface area contributed by atoms with Crippen LogP contribution in [-0.2, 0) is 13.1 Å². The van der Waals surface area contributed by atoms with Crippen LogP contribution in [0.15, 0.2) is 35.7 Å². The molecule has 0 amide bonds. The second kappa shape index (κ2) is 8.19. The molecule has 1 aliphatic rings. The second-order valence-electron chi connectivity index (χ2n) is 6.51. The van der Waals surface area contributed by atoms with Gasteiger partial charge in [0.05, 0.1) is 17.6 Å². The number of hydrogen-bond acceptors (Lipinski definition) is 4. The van der Waals surface area contributed by atoms with Crippen LogP contribution in [0.5, 0.6) is 0 Å². The van der Waals surface area contributed by atoms with Crippen LogP contribution in [0.4, 0.5) is 0 Å². The maximum atomic E-state index is 4.92. The molecule has 0 bridgehead atoms. The Balaban J connectivity index is 1.86. The quantitative estimate of drug-likeness (QED) is 0.567. The molecule has 4 nitrogen and oxygen atoms in total. The van der Waals surface area contributed by atoms with Gasteiger partial charge in [0.25, 0.3) is 0 Å². The summed E-state index contributed by atoms with van der Waals surface area (Å²) >= 11 is 1.92. The third kappa shape index (κ3) is 4.02. The number of benzene rings is 1. The molecule has 1 saturated heterocycles. The monoisotopic (exact) mass is 344 g/mol. The first-order valence-electron chi connectivity index (χ1n) is 8.85. The van der Waals surface area contributed by atoms with Crippen LogP contribution in [0.2, 0.25) is 0 Å². The third-order valence-electron chi connectivity index (χ3n) is 4.54. The van der Waals surface area contributed by atoms with Gasteiger partial charge in [0, 0.05) is 37.6 Å². The summed E-state index contributed by atoms with van der Waals surface area (Å²) in [7, 11) is 2.19. The number of thioether (sulfide) groups is 1. The van der Waals surface area contributed by atoms with E-state index in [0.717, 1.165) is 56.4 Å². The molecule has 5 heteroatoms. The molecule has 2 heterocycles. The van der Waals surface area contributed by atoms with E-state index in [1.54, 1.807) is 0 Å². The standard InChI is InChI=1S/C19H28N4S/c1-4-8-23-18-14-16(24-13-5-2)6-7-17(18)20-19(23)15-22-11-9-21(3)10-12-22/h4,6-7,14H,1,5,8-13,15H2,2-3H3. The summed E-state index contributed by atoms with van der Waals surface area (Å²) in [4.78, 5) is 11.1. The highest BCUT2D eigenvalue weighted by molar-refractivity contribution is 7.99. The topological polar surface area (TPSA) is 24.3 Å². The van der Waals surface area contributed by atoms with Crippen molar-refractivity contribution in [2.45, 2.75) is 31.3 Å². The lowest BCUT2D eigenvalue weighted by atomic mass is 10.3. The third-order valence-corrected chi connectivity index (χ3v) is 5.74. The van der Waals surface area contributed by atoms with Crippen molar-refractivity contribution in [3.05, 3.63) is 36.7 Å². The average Bonchev–Trinajstić information content (AvgIpc) is 2.92. The van der Waals surface area contributed by atoms with E-state index in [1.165, 1.54) is 16.8 Å². The predicted octanol–water partition coefficient (Wildman–Crippen LogP) is 3.47. The van der Waals surface area contributed by atoms with E-state index in [-0.39, 0.29) is 0 Å². The van der Waals surface area contributed by atoms with Crippen LogP contribution < -0.4 is 0 Å². The van der Waals surface area contributed by atoms with Gasteiger partial charge in [-0.3, -0.25) is 4.90 Å². The van der Waals surface area contributed by atoms with Gasteiger partial charge in [-0.2, -0.15) is 0 Å². The lowest BCUT2D eigenvalue weighted by Crippen LogP contribution is -2.44. The molecule has 0 spiro atoms. The van der Waals surface area contributed by atoms with Crippen molar-refractivity contribution in [2.75, 3.05) is 39.0 Å². The molecule has 2 aromatic rings. The fraction of sp³-hybridized carbons (Fsp3) is 0.526. The summed E-state index contributed by atoms with van der Waals surface area (Å²) in [5.74, 6) is 2.32. The first-order chi connectivity index (χ1) is 11.7. The fourth-order valence-electron chi connectivity index (χ4n) is 3.12. The average molecular weight is 345 g/mol. The van der Waals surface area contributed by atoms with Crippen molar-refractivity contribution in [3.63, 3.8) is 0 Å². The molecule has 0 radical (unpaired) electrons. The Bertz CT molecular complexity index is 686. The summed E-state index contributed by atoms with van der Waals surface area (Å²) in [6.07, 6.45) is 3.17. The van der Waals surface area contributed by atoms with Gasteiger partial charge < -0.3 is 9.47 Å². The summed E-state index contributed by atoms with van der Waals surface area (Å²) in [6, 6.07) is 6.66. The number of rotatable bonds is 7. The molecule has 24 heavy (non-hydrogen) atoms. The minimum Gasteiger partial charge on any atom is -0.323 e. The number of hydrogen-bond donors (Lipinski definition) is 0. The molecule has 0 atom stereocenters. The van der Waals surface area contributed by atoms with Crippen LogP contribution in [0, 0.1) is 0 Å². The summed E-state index contributed by atoms with van der Waals surface area (Å²) < 4.78 is 2.33. The fourth-order valence-corrected chi connectivity index (χ4v) is 3.92. The van der Waals surface area contributed by atoms with Crippen molar-refractivity contribution in [2.24, 2.45) is 0 Å². The molecule has 1 fully saturated rings. The normalized spacial score (nSPS) is 16.8. The number of nitrogens with zero attached hydrogens (tertiary/aromatic N) is 4. The number of fused-ring (bicyclic) bond motifs is 1. The molecule has 0 aliphatic carbocycles. The van der Waals surface area contributed by atoms with Crippen LogP contribution >= 0.6 is 11.8 Å². The summed E-state index contributed by atoms with van der Waals surface area (Å²) in [6.45, 7) is 12.4. The Morgan fingerprint density at radius 2 is 2.04 bits per heavy atom. The molecule has 1 aliphatic heterocycles. The van der Waals surface area contributed by atoms with E-state index in [2.05, 4.69) is 53.1 Å². The molecule has 0 N–H and O–H groups in total. The zero-order chi connectivity index (χ0) is 16.9. The van der Waals surface area contributed by atoms with E-state index < -0.39 is 0 Å². The highest BCUT2D eigenvalue weighted by Crippen LogP contribution is 2.25. The molecule has 0 unspecified atom stereocenters. The lowest BCUT2D eigenvalue weighted by molar-refractivity contribution is 0.144. The molecule has 1 aromatic carbocycles. The van der Waals surface area contributed by atoms with Crippen molar-refractivity contribution in [1.29, 1.82) is 0 Å². The maximum Gasteiger partial charge on any atom is 0.124 e. The zero-order valence-corrected chi connectivity index (χ0v) is 15.7. The number of allylic oxidation sites excluding steroid dienone is 1. The number of imidazole rings is 1. The maximum absolute atomic E-state index is 4.92. The van der Waals surface area contributed by atoms with Gasteiger partial charge in [0.15, 0.2) is 0 Å². The predicted molar refractivity (Wildman–Crippen MR) is 104 cm³/mol. The lowest BCUT2D eigenvalue weighted by Gasteiger charge is -2.32. The van der Waals surface area contributed by atoms with Crippen molar-refractivity contribution < 1.29 is 0 Å². The number of piperazine rings is 1. The number of likely N-dealkylation sites (N-methyl/N-ethyl adjacent to an activating group) is 1. The smallest absolute Gasteiger partial charge is 0.124 e. The minimum atomic E-state index is 0.821. The van der Waals surface area contributed by atoms with Crippen LogP contribution in [0.1, 0.15) is 19.2 Å². The minimum absolute atomic E-state index is 0.821. The van der Waals surface area contributed by atoms with E-state index in [4.69, 9.17) is 4.98 Å². The van der Waals surface area contributed by atoms with Gasteiger partial charge in [-0.05, 0) is 37.4 Å². The van der Waals surface area contributed by atoms with Gasteiger partial charge in [-0.25, -0.2) is 4.98 Å². The van der Waals surface area contributed by atoms with Crippen LogP contribution in [0.3, 0.4) is 0 Å². The number of aromatic nitrogens is 2. The zero-order valence-electron chi connectivity index (χ0n) is 14.9. The molecular weight excluding hydrogens is 316 g/mol. The van der Waals surface area contributed by atoms with E-state index >= 15 is 0 Å². The van der Waals surface area contributed by atoms with Crippen LogP contribution in [-0.4, -0.2) is 58.3 Å². The second-order valence-corrected chi connectivity index (χ2v) is 7.67. The Kier molecular flexibility index (Phi) is 5.98. The summed E-state index contributed by atoms with van der Waals surface area (Å²) in [5.41, 5.74) is 2.34. The van der Waals surface area contributed by atoms with Crippen LogP contribution in [0.25, 0.3) is 11.0 Å². The largest absolute Gasteiger partial charge is 0.323 e. The molecule has 0 saturated carbocycles. The first-order valence-corrected chi connectivity index (χ1v) is 9.83. The van der Waals surface area contributed by atoms with E-state index in [1.807, 2.05) is 17.8 Å². The highest BCUT2D eigenvalue weighted by atomic mass is 32.2. The first kappa shape index (κ1) is 17.5. The summed E-state index contributed by atoms with van der Waals surface area (Å²) in [5, 5.41) is 0. The van der Waals surface area contributed by atoms with E-state index in [0.29, 0.717) is 0 Å². The van der Waals surface area contributed by atoms with Gasteiger partial charge >= 0.3 is 0 Å². The SMILES string of the molecule is C=CCn1c(CN2CCN(C)CC2)nc2ccc(SCCC)cc21. The van der Waals surface area contributed by atoms with Gasteiger partial charge in [0.2, 0.25) is 0 Å². The Hall–Kier alpha value is -1.30. The van der Waals surface area contributed by atoms with Crippen molar-refractivity contribution >= 4 is 22.8 Å². The Labute approximate surface area is 149 Å². The molecule has 130 valence electrons. The van der Waals surface area contributed by atoms with Crippen molar-refractivity contribution in [1.82, 2.24) is 19.4 Å². The molecule has 3 rings (SSSR count). The Morgan fingerprint density at radius 1 is 1.25 bits per heavy atom. The Morgan fingerprint density at radius 3 is 2.75 bits per heavy atom. The van der Waals surface area contributed by atoms with Gasteiger partial charge in [0.1, 0.15) is 5.82 Å². The molecule has 1 aromatic heterocycles. The van der Waals surface area contributed by atoms with Gasteiger partial charge in [-0.1, -0.05) is 13.0 Å². The van der Waals surface area contributed by atoms with Crippen molar-refractivity contribution in [3.8, 4) is 0 Å².